The van der Waals surface area contributed by atoms with E-state index in [1.54, 1.807) is 0 Å². The molecule has 0 aromatic heterocycles. The van der Waals surface area contributed by atoms with E-state index in [1.165, 1.54) is 22.3 Å². The first-order valence-corrected chi connectivity index (χ1v) is 6.93. The molecule has 2 aromatic rings. The van der Waals surface area contributed by atoms with E-state index in [0.717, 1.165) is 25.2 Å². The van der Waals surface area contributed by atoms with Crippen LogP contribution in [0.2, 0.25) is 0 Å². The van der Waals surface area contributed by atoms with Gasteiger partial charge in [0.15, 0.2) is 0 Å². The molecule has 0 heterocycles. The summed E-state index contributed by atoms with van der Waals surface area (Å²) in [7, 11) is 0. The van der Waals surface area contributed by atoms with Gasteiger partial charge < -0.3 is 11.1 Å². The van der Waals surface area contributed by atoms with Gasteiger partial charge in [0.1, 0.15) is 0 Å². The van der Waals surface area contributed by atoms with E-state index in [0.29, 0.717) is 0 Å². The van der Waals surface area contributed by atoms with Crippen molar-refractivity contribution in [1.29, 1.82) is 0 Å². The Balaban J connectivity index is 2.28. The van der Waals surface area contributed by atoms with Gasteiger partial charge in [0.25, 0.3) is 0 Å². The minimum absolute atomic E-state index is 0.823. The molecule has 19 heavy (non-hydrogen) atoms. The van der Waals surface area contributed by atoms with Crippen LogP contribution in [0.3, 0.4) is 0 Å². The zero-order valence-electron chi connectivity index (χ0n) is 11.7. The molecule has 2 rings (SSSR count). The summed E-state index contributed by atoms with van der Waals surface area (Å²) >= 11 is 0. The van der Waals surface area contributed by atoms with Crippen molar-refractivity contribution in [3.63, 3.8) is 0 Å². The molecule has 0 bridgehead atoms. The Morgan fingerprint density at radius 1 is 0.947 bits per heavy atom. The summed E-state index contributed by atoms with van der Waals surface area (Å²) in [6.45, 7) is 6.05. The van der Waals surface area contributed by atoms with E-state index in [2.05, 4.69) is 55.6 Å². The topological polar surface area (TPSA) is 38.0 Å². The molecule has 0 aliphatic carbocycles. The van der Waals surface area contributed by atoms with Crippen molar-refractivity contribution in [1.82, 2.24) is 5.32 Å². The molecule has 3 N–H and O–H groups in total. The van der Waals surface area contributed by atoms with Gasteiger partial charge in [-0.05, 0) is 47.4 Å². The highest BCUT2D eigenvalue weighted by Crippen LogP contribution is 2.24. The quantitative estimate of drug-likeness (QED) is 0.800. The van der Waals surface area contributed by atoms with Gasteiger partial charge in [-0.1, -0.05) is 44.2 Å². The van der Waals surface area contributed by atoms with E-state index in [1.807, 2.05) is 6.07 Å². The van der Waals surface area contributed by atoms with Gasteiger partial charge in [-0.3, -0.25) is 0 Å². The van der Waals surface area contributed by atoms with Crippen LogP contribution in [0.4, 0.5) is 5.69 Å². The molecule has 2 nitrogen and oxygen atoms in total. The molecule has 0 aliphatic rings. The summed E-state index contributed by atoms with van der Waals surface area (Å²) in [6, 6.07) is 15.0. The third-order valence-corrected chi connectivity index (χ3v) is 3.40. The fraction of sp³-hybridized carbons (Fsp3) is 0.294. The summed E-state index contributed by atoms with van der Waals surface area (Å²) in [5, 5.41) is 3.32. The van der Waals surface area contributed by atoms with Gasteiger partial charge in [-0.2, -0.15) is 0 Å². The molecule has 0 atom stereocenters. The lowest BCUT2D eigenvalue weighted by Crippen LogP contribution is -2.13. The molecular weight excluding hydrogens is 232 g/mol. The first-order chi connectivity index (χ1) is 9.24. The monoisotopic (exact) mass is 254 g/mol. The minimum atomic E-state index is 0.823. The number of aryl methyl sites for hydroxylation is 1. The molecule has 0 saturated carbocycles. The van der Waals surface area contributed by atoms with Gasteiger partial charge in [0.2, 0.25) is 0 Å². The number of nitrogen functional groups attached to an aromatic ring is 1. The number of hydrogen-bond acceptors (Lipinski definition) is 2. The van der Waals surface area contributed by atoms with Crippen molar-refractivity contribution in [3.8, 4) is 11.1 Å². The fourth-order valence-electron chi connectivity index (χ4n) is 2.13. The second kappa shape index (κ2) is 6.39. The molecule has 2 heteroatoms. The predicted octanol–water partition coefficient (Wildman–Crippen LogP) is 3.61. The Morgan fingerprint density at radius 3 is 2.26 bits per heavy atom. The Kier molecular flexibility index (Phi) is 4.58. The zero-order chi connectivity index (χ0) is 13.7. The Hall–Kier alpha value is -1.80. The van der Waals surface area contributed by atoms with E-state index >= 15 is 0 Å². The van der Waals surface area contributed by atoms with Gasteiger partial charge >= 0.3 is 0 Å². The number of benzene rings is 2. The lowest BCUT2D eigenvalue weighted by Gasteiger charge is -2.10. The Morgan fingerprint density at radius 2 is 1.63 bits per heavy atom. The van der Waals surface area contributed by atoms with Crippen molar-refractivity contribution in [2.45, 2.75) is 26.8 Å². The van der Waals surface area contributed by atoms with E-state index in [4.69, 9.17) is 5.73 Å². The third kappa shape index (κ3) is 3.36. The minimum Gasteiger partial charge on any atom is -0.398 e. The van der Waals surface area contributed by atoms with Crippen LogP contribution in [-0.2, 0) is 13.0 Å². The summed E-state index contributed by atoms with van der Waals surface area (Å²) in [5.74, 6) is 0. The van der Waals surface area contributed by atoms with Crippen molar-refractivity contribution in [2.75, 3.05) is 12.3 Å². The van der Waals surface area contributed by atoms with Crippen LogP contribution < -0.4 is 11.1 Å². The van der Waals surface area contributed by atoms with Crippen molar-refractivity contribution >= 4 is 5.69 Å². The second-order valence-electron chi connectivity index (χ2n) is 4.74. The predicted molar refractivity (Wildman–Crippen MR) is 83.0 cm³/mol. The Labute approximate surface area is 115 Å². The average Bonchev–Trinajstić information content (AvgIpc) is 2.46. The normalized spacial score (nSPS) is 10.6. The Bertz CT molecular complexity index is 529. The smallest absolute Gasteiger partial charge is 0.0360 e. The highest BCUT2D eigenvalue weighted by Gasteiger charge is 2.03. The first-order valence-electron chi connectivity index (χ1n) is 6.93. The number of rotatable bonds is 5. The molecule has 100 valence electrons. The number of nitrogens with two attached hydrogens (primary N) is 1. The molecule has 0 spiro atoms. The largest absolute Gasteiger partial charge is 0.398 e. The van der Waals surface area contributed by atoms with Crippen LogP contribution in [-0.4, -0.2) is 6.54 Å². The maximum absolute atomic E-state index is 6.01. The maximum atomic E-state index is 6.01. The van der Waals surface area contributed by atoms with Crippen LogP contribution >= 0.6 is 0 Å². The first kappa shape index (κ1) is 13.6. The molecule has 2 aromatic carbocycles. The van der Waals surface area contributed by atoms with Crippen LogP contribution in [0.5, 0.6) is 0 Å². The molecule has 0 amide bonds. The number of anilines is 1. The maximum Gasteiger partial charge on any atom is 0.0360 e. The highest BCUT2D eigenvalue weighted by molar-refractivity contribution is 5.68. The summed E-state index contributed by atoms with van der Waals surface area (Å²) in [4.78, 5) is 0. The summed E-state index contributed by atoms with van der Waals surface area (Å²) < 4.78 is 0. The van der Waals surface area contributed by atoms with Gasteiger partial charge in [0.05, 0.1) is 0 Å². The average molecular weight is 254 g/mol. The summed E-state index contributed by atoms with van der Waals surface area (Å²) in [6.07, 6.45) is 1.08. The summed E-state index contributed by atoms with van der Waals surface area (Å²) in [5.41, 5.74) is 11.9. The van der Waals surface area contributed by atoms with E-state index < -0.39 is 0 Å². The molecule has 0 unspecified atom stereocenters. The lowest BCUT2D eigenvalue weighted by atomic mass is 10.00. The molecule has 0 radical (unpaired) electrons. The van der Waals surface area contributed by atoms with E-state index in [9.17, 15) is 0 Å². The van der Waals surface area contributed by atoms with Gasteiger partial charge in [-0.25, -0.2) is 0 Å². The van der Waals surface area contributed by atoms with Gasteiger partial charge in [-0.15, -0.1) is 0 Å². The van der Waals surface area contributed by atoms with Crippen molar-refractivity contribution < 1.29 is 0 Å². The number of hydrogen-bond donors (Lipinski definition) is 2. The SMILES string of the molecule is CCNCc1cc(-c2ccc(CC)cc2)ccc1N. The van der Waals surface area contributed by atoms with Crippen LogP contribution in [0, 0.1) is 0 Å². The van der Waals surface area contributed by atoms with Crippen molar-refractivity contribution in [2.24, 2.45) is 0 Å². The van der Waals surface area contributed by atoms with E-state index in [-0.39, 0.29) is 0 Å². The standard InChI is InChI=1S/C17H22N2/c1-3-13-5-7-14(8-6-13)15-9-10-17(18)16(11-15)12-19-4-2/h5-11,19H,3-4,12,18H2,1-2H3. The zero-order valence-corrected chi connectivity index (χ0v) is 11.7. The highest BCUT2D eigenvalue weighted by atomic mass is 14.8. The van der Waals surface area contributed by atoms with Crippen LogP contribution in [0.1, 0.15) is 25.0 Å². The molecule has 0 fully saturated rings. The van der Waals surface area contributed by atoms with Crippen LogP contribution in [0.15, 0.2) is 42.5 Å². The third-order valence-electron chi connectivity index (χ3n) is 3.40. The second-order valence-corrected chi connectivity index (χ2v) is 4.74. The molecule has 0 aliphatic heterocycles. The van der Waals surface area contributed by atoms with Crippen LogP contribution in [0.25, 0.3) is 11.1 Å². The molecular formula is C17H22N2. The van der Waals surface area contributed by atoms with Gasteiger partial charge in [0, 0.05) is 12.2 Å². The lowest BCUT2D eigenvalue weighted by molar-refractivity contribution is 0.728. The van der Waals surface area contributed by atoms with Crippen molar-refractivity contribution in [3.05, 3.63) is 53.6 Å². The molecule has 0 saturated heterocycles. The fourth-order valence-corrected chi connectivity index (χ4v) is 2.13. The number of nitrogens with one attached hydrogen (secondary N) is 1.